The third kappa shape index (κ3) is 1.76. The molecule has 0 bridgehead atoms. The van der Waals surface area contributed by atoms with Gasteiger partial charge in [-0.05, 0) is 12.1 Å². The molecule has 0 aliphatic heterocycles. The molecule has 0 amide bonds. The first-order valence-electron chi connectivity index (χ1n) is 7.68. The highest BCUT2D eigenvalue weighted by atomic mass is 16.6. The Bertz CT molecular complexity index is 1400. The molecule has 3 aromatic carbocycles. The van der Waals surface area contributed by atoms with E-state index in [1.807, 2.05) is 24.3 Å². The summed E-state index contributed by atoms with van der Waals surface area (Å²) in [5, 5.41) is 14.3. The lowest BCUT2D eigenvalue weighted by atomic mass is 10.0. The van der Waals surface area contributed by atoms with Gasteiger partial charge < -0.3 is 9.40 Å². The lowest BCUT2D eigenvalue weighted by Gasteiger charge is -2.05. The normalized spacial score (nSPS) is 11.7. The third-order valence-electron chi connectivity index (χ3n) is 4.54. The van der Waals surface area contributed by atoms with E-state index in [1.165, 1.54) is 6.07 Å². The first-order chi connectivity index (χ1) is 12.1. The molecule has 0 fully saturated rings. The largest absolute Gasteiger partial charge is 0.422 e. The molecular weight excluding hydrogens is 320 g/mol. The van der Waals surface area contributed by atoms with Gasteiger partial charge in [0.1, 0.15) is 5.58 Å². The first-order valence-corrected chi connectivity index (χ1v) is 7.68. The maximum atomic E-state index is 12.6. The number of nitro benzene ring substituents is 1. The average molecular weight is 330 g/mol. The van der Waals surface area contributed by atoms with Crippen molar-refractivity contribution in [3.63, 3.8) is 0 Å². The molecule has 5 rings (SSSR count). The molecule has 2 heterocycles. The van der Waals surface area contributed by atoms with Crippen LogP contribution in [0.15, 0.2) is 63.8 Å². The molecule has 0 aliphatic carbocycles. The highest BCUT2D eigenvalue weighted by Crippen LogP contribution is 2.38. The van der Waals surface area contributed by atoms with E-state index in [2.05, 4.69) is 4.98 Å². The predicted molar refractivity (Wildman–Crippen MR) is 96.0 cm³/mol. The zero-order chi connectivity index (χ0) is 17.1. The van der Waals surface area contributed by atoms with Gasteiger partial charge in [0.25, 0.3) is 5.69 Å². The van der Waals surface area contributed by atoms with Crippen molar-refractivity contribution < 1.29 is 9.34 Å². The molecule has 1 N–H and O–H groups in total. The summed E-state index contributed by atoms with van der Waals surface area (Å²) in [5.74, 6) is 0. The number of hydrogen-bond donors (Lipinski definition) is 1. The topological polar surface area (TPSA) is 89.1 Å². The van der Waals surface area contributed by atoms with E-state index in [9.17, 15) is 14.9 Å². The van der Waals surface area contributed by atoms with Gasteiger partial charge in [-0.2, -0.15) is 0 Å². The minimum atomic E-state index is -0.589. The van der Waals surface area contributed by atoms with Crippen molar-refractivity contribution in [2.45, 2.75) is 0 Å². The van der Waals surface area contributed by atoms with Gasteiger partial charge in [-0.15, -0.1) is 0 Å². The molecule has 6 heteroatoms. The second kappa shape index (κ2) is 4.67. The van der Waals surface area contributed by atoms with Gasteiger partial charge in [0, 0.05) is 27.7 Å². The van der Waals surface area contributed by atoms with E-state index in [4.69, 9.17) is 4.42 Å². The van der Waals surface area contributed by atoms with Gasteiger partial charge in [0.2, 0.25) is 0 Å². The van der Waals surface area contributed by atoms with Crippen LogP contribution in [-0.4, -0.2) is 9.91 Å². The molecule has 0 radical (unpaired) electrons. The molecule has 5 aromatic rings. The molecule has 0 aliphatic rings. The number of hydrogen-bond acceptors (Lipinski definition) is 4. The second-order valence-electron chi connectivity index (χ2n) is 5.88. The van der Waals surface area contributed by atoms with Crippen LogP contribution in [0.25, 0.3) is 43.5 Å². The van der Waals surface area contributed by atoms with Crippen molar-refractivity contribution in [2.24, 2.45) is 0 Å². The Balaban J connectivity index is 2.19. The van der Waals surface area contributed by atoms with Crippen molar-refractivity contribution in [1.29, 1.82) is 0 Å². The minimum absolute atomic E-state index is 0.101. The standard InChI is InChI=1S/C19H10N2O4/c22-19-17-16(11-6-2-4-8-15(11)25-19)14(21(23)24)9-12-10-5-1-3-7-13(10)20-18(12)17/h1-9,20H. The molecule has 25 heavy (non-hydrogen) atoms. The number of benzene rings is 3. The number of non-ortho nitro benzene ring substituents is 1. The van der Waals surface area contributed by atoms with Crippen molar-refractivity contribution in [3.8, 4) is 0 Å². The minimum Gasteiger partial charge on any atom is -0.422 e. The number of aromatic nitrogens is 1. The molecule has 0 atom stereocenters. The number of fused-ring (bicyclic) bond motifs is 7. The Morgan fingerprint density at radius 3 is 2.44 bits per heavy atom. The van der Waals surface area contributed by atoms with Gasteiger partial charge in [-0.25, -0.2) is 4.79 Å². The van der Waals surface area contributed by atoms with Gasteiger partial charge in [-0.3, -0.25) is 10.1 Å². The zero-order valence-electron chi connectivity index (χ0n) is 12.8. The van der Waals surface area contributed by atoms with Gasteiger partial charge in [-0.1, -0.05) is 36.4 Å². The van der Waals surface area contributed by atoms with Crippen LogP contribution in [0, 0.1) is 10.1 Å². The summed E-state index contributed by atoms with van der Waals surface area (Å²) < 4.78 is 5.42. The Morgan fingerprint density at radius 1 is 0.920 bits per heavy atom. The van der Waals surface area contributed by atoms with Gasteiger partial charge >= 0.3 is 5.63 Å². The molecule has 120 valence electrons. The van der Waals surface area contributed by atoms with Crippen LogP contribution in [0.4, 0.5) is 5.69 Å². The fourth-order valence-electron chi connectivity index (χ4n) is 3.51. The summed E-state index contributed by atoms with van der Waals surface area (Å²) in [5.41, 5.74) is 1.01. The maximum absolute atomic E-state index is 12.6. The summed E-state index contributed by atoms with van der Waals surface area (Å²) in [6, 6.07) is 15.8. The smallest absolute Gasteiger partial charge is 0.346 e. The fourth-order valence-corrected chi connectivity index (χ4v) is 3.51. The SMILES string of the molecule is O=c1oc2ccccc2c2c([N+](=O)[O-])cc3c4ccccc4[nH]c3c12. The van der Waals surface area contributed by atoms with Crippen LogP contribution in [0.5, 0.6) is 0 Å². The quantitative estimate of drug-likeness (QED) is 0.212. The van der Waals surface area contributed by atoms with E-state index in [1.54, 1.807) is 24.3 Å². The van der Waals surface area contributed by atoms with Crippen LogP contribution in [0.3, 0.4) is 0 Å². The van der Waals surface area contributed by atoms with Crippen molar-refractivity contribution in [3.05, 3.63) is 75.1 Å². The molecule has 6 nitrogen and oxygen atoms in total. The molecule has 0 unspecified atom stereocenters. The van der Waals surface area contributed by atoms with E-state index in [0.717, 1.165) is 10.9 Å². The van der Waals surface area contributed by atoms with Crippen molar-refractivity contribution in [1.82, 2.24) is 4.98 Å². The number of nitrogens with zero attached hydrogens (tertiary/aromatic N) is 1. The number of para-hydroxylation sites is 2. The van der Waals surface area contributed by atoms with E-state index in [-0.39, 0.29) is 11.1 Å². The van der Waals surface area contributed by atoms with Crippen LogP contribution in [0.1, 0.15) is 0 Å². The average Bonchev–Trinajstić information content (AvgIpc) is 2.99. The van der Waals surface area contributed by atoms with E-state index >= 15 is 0 Å². The zero-order valence-corrected chi connectivity index (χ0v) is 12.8. The van der Waals surface area contributed by atoms with Crippen LogP contribution in [-0.2, 0) is 0 Å². The number of aromatic amines is 1. The number of H-pyrrole nitrogens is 1. The Hall–Kier alpha value is -3.67. The summed E-state index contributed by atoms with van der Waals surface area (Å²) in [6.07, 6.45) is 0. The fraction of sp³-hybridized carbons (Fsp3) is 0. The third-order valence-corrected chi connectivity index (χ3v) is 4.54. The lowest BCUT2D eigenvalue weighted by molar-refractivity contribution is -0.382. The molecule has 2 aromatic heterocycles. The predicted octanol–water partition coefficient (Wildman–Crippen LogP) is 4.49. The van der Waals surface area contributed by atoms with E-state index < -0.39 is 10.5 Å². The highest BCUT2D eigenvalue weighted by Gasteiger charge is 2.23. The van der Waals surface area contributed by atoms with E-state index in [0.29, 0.717) is 27.3 Å². The molecular formula is C19H10N2O4. The van der Waals surface area contributed by atoms with Crippen LogP contribution >= 0.6 is 0 Å². The summed E-state index contributed by atoms with van der Waals surface area (Å²) >= 11 is 0. The van der Waals surface area contributed by atoms with Gasteiger partial charge in [0.05, 0.1) is 21.2 Å². The number of nitro groups is 1. The Kier molecular flexibility index (Phi) is 2.57. The first kappa shape index (κ1) is 13.7. The lowest BCUT2D eigenvalue weighted by Crippen LogP contribution is -2.03. The highest BCUT2D eigenvalue weighted by molar-refractivity contribution is 6.23. The number of nitrogens with one attached hydrogen (secondary N) is 1. The molecule has 0 saturated heterocycles. The summed E-state index contributed by atoms with van der Waals surface area (Å²) in [6.45, 7) is 0. The Labute approximate surface area is 139 Å². The van der Waals surface area contributed by atoms with Crippen molar-refractivity contribution in [2.75, 3.05) is 0 Å². The maximum Gasteiger partial charge on any atom is 0.346 e. The van der Waals surface area contributed by atoms with Crippen molar-refractivity contribution >= 4 is 49.2 Å². The molecule has 0 saturated carbocycles. The van der Waals surface area contributed by atoms with Gasteiger partial charge in [0.15, 0.2) is 0 Å². The van der Waals surface area contributed by atoms with Crippen LogP contribution in [0.2, 0.25) is 0 Å². The Morgan fingerprint density at radius 2 is 1.64 bits per heavy atom. The number of rotatable bonds is 1. The monoisotopic (exact) mass is 330 g/mol. The van der Waals surface area contributed by atoms with Crippen LogP contribution < -0.4 is 5.63 Å². The summed E-state index contributed by atoms with van der Waals surface area (Å²) in [4.78, 5) is 27.1. The summed E-state index contributed by atoms with van der Waals surface area (Å²) in [7, 11) is 0. The molecule has 0 spiro atoms. The second-order valence-corrected chi connectivity index (χ2v) is 5.88.